The van der Waals surface area contributed by atoms with Crippen LogP contribution in [0.4, 0.5) is 16.3 Å². The number of fused-ring (bicyclic) bond motifs is 2. The van der Waals surface area contributed by atoms with E-state index in [0.717, 1.165) is 60.5 Å². The normalized spacial score (nSPS) is 20.8. The molecule has 0 aliphatic carbocycles. The molecule has 0 spiro atoms. The van der Waals surface area contributed by atoms with Crippen LogP contribution in [0.3, 0.4) is 0 Å². The van der Waals surface area contributed by atoms with E-state index in [4.69, 9.17) is 19.4 Å². The number of nitriles is 1. The molecule has 11 nitrogen and oxygen atoms in total. The van der Waals surface area contributed by atoms with E-state index in [1.807, 2.05) is 39.2 Å². The first-order chi connectivity index (χ1) is 21.2. The molecule has 6 rings (SSSR count). The molecule has 1 aromatic carbocycles. The minimum Gasteiger partial charge on any atom is -0.462 e. The largest absolute Gasteiger partial charge is 0.462 e. The third-order valence-corrected chi connectivity index (χ3v) is 8.82. The number of likely N-dealkylation sites (tertiary alicyclic amines) is 1. The number of aromatic nitrogens is 3. The Labute approximate surface area is 259 Å². The molecule has 44 heavy (non-hydrogen) atoms. The Morgan fingerprint density at radius 1 is 1.07 bits per heavy atom. The van der Waals surface area contributed by atoms with Gasteiger partial charge in [0.1, 0.15) is 18.0 Å². The molecule has 2 fully saturated rings. The standard InChI is InChI=1S/C33H42N8O3/c1-33(2,3)44-32(42)41-17-16-40(20-24(41)11-13-34)30-27-12-15-39(29-19-35-18-23-8-5-6-10-26(23)29)21-28(27)36-31(37-30)43-22-25-9-7-14-38(25)4/h5-6,8,10,18-19,24-25H,7,9,11-12,14-17,20-22H2,1-4H3/t24?,25-/m0/s1. The van der Waals surface area contributed by atoms with Gasteiger partial charge in [-0.15, -0.1) is 0 Å². The Kier molecular flexibility index (Phi) is 8.45. The molecule has 2 atom stereocenters. The summed E-state index contributed by atoms with van der Waals surface area (Å²) in [6.45, 7) is 10.1. The third-order valence-electron chi connectivity index (χ3n) is 8.82. The Hall–Kier alpha value is -4.17. The molecular formula is C33H42N8O3. The third kappa shape index (κ3) is 6.36. The second kappa shape index (κ2) is 12.4. The van der Waals surface area contributed by atoms with Crippen molar-refractivity contribution in [3.05, 3.63) is 47.9 Å². The molecule has 0 radical (unpaired) electrons. The number of carbonyl (C=O) groups excluding carboxylic acids is 1. The predicted molar refractivity (Wildman–Crippen MR) is 169 cm³/mol. The zero-order chi connectivity index (χ0) is 30.8. The minimum atomic E-state index is -0.609. The highest BCUT2D eigenvalue weighted by Crippen LogP contribution is 2.34. The van der Waals surface area contributed by atoms with Gasteiger partial charge in [-0.05, 0) is 53.6 Å². The van der Waals surface area contributed by atoms with Gasteiger partial charge in [-0.25, -0.2) is 4.79 Å². The first-order valence-corrected chi connectivity index (χ1v) is 15.6. The van der Waals surface area contributed by atoms with Crippen LogP contribution in [0.15, 0.2) is 36.7 Å². The summed E-state index contributed by atoms with van der Waals surface area (Å²) in [5.41, 5.74) is 2.52. The van der Waals surface area contributed by atoms with Gasteiger partial charge in [0.05, 0.1) is 42.7 Å². The molecule has 1 unspecified atom stereocenters. The zero-order valence-corrected chi connectivity index (χ0v) is 26.2. The van der Waals surface area contributed by atoms with Gasteiger partial charge < -0.3 is 29.1 Å². The number of rotatable bonds is 6. The molecule has 2 aromatic heterocycles. The number of benzene rings is 1. The number of hydrogen-bond acceptors (Lipinski definition) is 10. The van der Waals surface area contributed by atoms with Crippen molar-refractivity contribution in [2.45, 2.75) is 70.7 Å². The van der Waals surface area contributed by atoms with Crippen molar-refractivity contribution in [1.82, 2.24) is 24.8 Å². The van der Waals surface area contributed by atoms with Crippen LogP contribution >= 0.6 is 0 Å². The van der Waals surface area contributed by atoms with Crippen LogP contribution in [-0.2, 0) is 17.7 Å². The van der Waals surface area contributed by atoms with Crippen LogP contribution in [0, 0.1) is 11.3 Å². The van der Waals surface area contributed by atoms with Crippen LogP contribution in [-0.4, -0.2) is 94.9 Å². The molecule has 3 aliphatic rings. The molecule has 0 N–H and O–H groups in total. The predicted octanol–water partition coefficient (Wildman–Crippen LogP) is 4.40. The lowest BCUT2D eigenvalue weighted by molar-refractivity contribution is 0.0144. The van der Waals surface area contributed by atoms with E-state index in [9.17, 15) is 10.1 Å². The fourth-order valence-electron chi connectivity index (χ4n) is 6.52. The summed E-state index contributed by atoms with van der Waals surface area (Å²) in [6, 6.07) is 11.0. The van der Waals surface area contributed by atoms with Crippen molar-refractivity contribution in [3.8, 4) is 12.1 Å². The number of ether oxygens (including phenoxy) is 2. The topological polar surface area (TPSA) is 111 Å². The highest BCUT2D eigenvalue weighted by molar-refractivity contribution is 5.93. The van der Waals surface area contributed by atoms with Gasteiger partial charge in [-0.3, -0.25) is 4.98 Å². The fraction of sp³-hybridized carbons (Fsp3) is 0.545. The number of hydrogen-bond donors (Lipinski definition) is 0. The van der Waals surface area contributed by atoms with Crippen LogP contribution in [0.2, 0.25) is 0 Å². The maximum absolute atomic E-state index is 13.0. The van der Waals surface area contributed by atoms with Gasteiger partial charge in [0, 0.05) is 54.8 Å². The number of piperazine rings is 1. The second-order valence-electron chi connectivity index (χ2n) is 13.0. The number of nitrogens with zero attached hydrogens (tertiary/aromatic N) is 8. The van der Waals surface area contributed by atoms with Crippen molar-refractivity contribution in [1.29, 1.82) is 5.26 Å². The summed E-state index contributed by atoms with van der Waals surface area (Å²) in [6.07, 6.45) is 6.68. The smallest absolute Gasteiger partial charge is 0.410 e. The molecule has 11 heteroatoms. The van der Waals surface area contributed by atoms with E-state index < -0.39 is 5.60 Å². The van der Waals surface area contributed by atoms with Crippen molar-refractivity contribution in [2.75, 3.05) is 56.2 Å². The second-order valence-corrected chi connectivity index (χ2v) is 13.0. The van der Waals surface area contributed by atoms with Crippen LogP contribution in [0.5, 0.6) is 6.01 Å². The molecule has 5 heterocycles. The van der Waals surface area contributed by atoms with E-state index >= 15 is 0 Å². The van der Waals surface area contributed by atoms with Gasteiger partial charge in [0.15, 0.2) is 0 Å². The summed E-state index contributed by atoms with van der Waals surface area (Å²) in [5, 5.41) is 11.9. The number of likely N-dealkylation sites (N-methyl/N-ethyl adjacent to an activating group) is 1. The highest BCUT2D eigenvalue weighted by atomic mass is 16.6. The van der Waals surface area contributed by atoms with Gasteiger partial charge >= 0.3 is 12.1 Å². The first kappa shape index (κ1) is 29.9. The molecule has 3 aliphatic heterocycles. The molecule has 0 bridgehead atoms. The average Bonchev–Trinajstić information content (AvgIpc) is 3.42. The van der Waals surface area contributed by atoms with E-state index in [1.165, 1.54) is 5.39 Å². The van der Waals surface area contributed by atoms with Crippen molar-refractivity contribution in [3.63, 3.8) is 0 Å². The number of carbonyl (C=O) groups is 1. The van der Waals surface area contributed by atoms with Crippen molar-refractivity contribution >= 4 is 28.4 Å². The summed E-state index contributed by atoms with van der Waals surface area (Å²) in [4.78, 5) is 36.1. The SMILES string of the molecule is CN1CCC[C@H]1COc1nc2c(c(N3CCN(C(=O)OC(C)(C)C)C(CC#N)C3)n1)CCN(c1cncc3ccccc13)C2. The van der Waals surface area contributed by atoms with Crippen molar-refractivity contribution in [2.24, 2.45) is 0 Å². The van der Waals surface area contributed by atoms with Crippen LogP contribution in [0.25, 0.3) is 10.8 Å². The maximum atomic E-state index is 13.0. The molecular weight excluding hydrogens is 556 g/mol. The lowest BCUT2D eigenvalue weighted by Crippen LogP contribution is -2.56. The van der Waals surface area contributed by atoms with Crippen LogP contribution in [0.1, 0.15) is 51.3 Å². The van der Waals surface area contributed by atoms with E-state index in [1.54, 1.807) is 4.90 Å². The van der Waals surface area contributed by atoms with E-state index in [0.29, 0.717) is 44.8 Å². The summed E-state index contributed by atoms with van der Waals surface area (Å²) in [5.74, 6) is 0.840. The van der Waals surface area contributed by atoms with Gasteiger partial charge in [-0.1, -0.05) is 24.3 Å². The van der Waals surface area contributed by atoms with Crippen LogP contribution < -0.4 is 14.5 Å². The van der Waals surface area contributed by atoms with E-state index in [-0.39, 0.29) is 18.6 Å². The minimum absolute atomic E-state index is 0.211. The lowest BCUT2D eigenvalue weighted by atomic mass is 10.0. The first-order valence-electron chi connectivity index (χ1n) is 15.6. The Morgan fingerprint density at radius 3 is 2.68 bits per heavy atom. The summed E-state index contributed by atoms with van der Waals surface area (Å²) < 4.78 is 12.0. The Balaban J connectivity index is 1.30. The average molecular weight is 599 g/mol. The molecule has 232 valence electrons. The maximum Gasteiger partial charge on any atom is 0.410 e. The molecule has 1 amide bonds. The molecule has 0 saturated carbocycles. The number of anilines is 2. The van der Waals surface area contributed by atoms with Crippen molar-refractivity contribution < 1.29 is 14.3 Å². The van der Waals surface area contributed by atoms with Gasteiger partial charge in [0.25, 0.3) is 0 Å². The molecule has 3 aromatic rings. The Bertz CT molecular complexity index is 1550. The monoisotopic (exact) mass is 598 g/mol. The van der Waals surface area contributed by atoms with E-state index in [2.05, 4.69) is 51.0 Å². The summed E-state index contributed by atoms with van der Waals surface area (Å²) in [7, 11) is 2.13. The summed E-state index contributed by atoms with van der Waals surface area (Å²) >= 11 is 0. The Morgan fingerprint density at radius 2 is 1.91 bits per heavy atom. The number of amides is 1. The van der Waals surface area contributed by atoms with Gasteiger partial charge in [-0.2, -0.15) is 15.2 Å². The zero-order valence-electron chi connectivity index (χ0n) is 26.2. The van der Waals surface area contributed by atoms with Gasteiger partial charge in [0.2, 0.25) is 0 Å². The quantitative estimate of drug-likeness (QED) is 0.405. The lowest BCUT2D eigenvalue weighted by Gasteiger charge is -2.42. The number of pyridine rings is 1. The highest BCUT2D eigenvalue weighted by Gasteiger charge is 2.36. The fourth-order valence-corrected chi connectivity index (χ4v) is 6.52. The molecule has 2 saturated heterocycles.